The van der Waals surface area contributed by atoms with Crippen LogP contribution in [0.15, 0.2) is 18.5 Å². The molecule has 0 amide bonds. The zero-order valence-electron chi connectivity index (χ0n) is 11.0. The average Bonchev–Trinajstić information content (AvgIpc) is 2.89. The normalized spacial score (nSPS) is 12.9. The van der Waals surface area contributed by atoms with Crippen LogP contribution in [0.25, 0.3) is 0 Å². The van der Waals surface area contributed by atoms with Gasteiger partial charge in [0.05, 0.1) is 23.0 Å². The van der Waals surface area contributed by atoms with Crippen molar-refractivity contribution in [3.8, 4) is 0 Å². The second-order valence-electron chi connectivity index (χ2n) is 4.59. The minimum Gasteiger partial charge on any atom is -0.348 e. The number of nitrogens with zero attached hydrogens (tertiary/aromatic N) is 3. The molecule has 0 bridgehead atoms. The highest BCUT2D eigenvalue weighted by atomic mass is 35.5. The van der Waals surface area contributed by atoms with Crippen LogP contribution in [0.5, 0.6) is 0 Å². The van der Waals surface area contributed by atoms with Gasteiger partial charge in [0.15, 0.2) is 0 Å². The van der Waals surface area contributed by atoms with E-state index in [0.29, 0.717) is 0 Å². The number of halogens is 1. The fraction of sp³-hybridized carbons (Fsp3) is 0.462. The van der Waals surface area contributed by atoms with Crippen molar-refractivity contribution in [1.29, 1.82) is 0 Å². The lowest BCUT2D eigenvalue weighted by molar-refractivity contribution is 0.660. The van der Waals surface area contributed by atoms with E-state index in [4.69, 9.17) is 17.3 Å². The van der Waals surface area contributed by atoms with Gasteiger partial charge in [-0.25, -0.2) is 0 Å². The Balaban J connectivity index is 2.25. The van der Waals surface area contributed by atoms with Crippen molar-refractivity contribution < 1.29 is 0 Å². The summed E-state index contributed by atoms with van der Waals surface area (Å²) in [4.78, 5) is 0. The first-order chi connectivity index (χ1) is 8.52. The summed E-state index contributed by atoms with van der Waals surface area (Å²) in [5, 5.41) is 5.19. The Morgan fingerprint density at radius 1 is 1.50 bits per heavy atom. The molecule has 1 unspecified atom stereocenters. The summed E-state index contributed by atoms with van der Waals surface area (Å²) in [6, 6.07) is 2.09. The SMILES string of the molecule is CCc1nn(C)c(Cn2ccc(C(C)N)c2)c1Cl. The molecule has 2 heterocycles. The molecule has 18 heavy (non-hydrogen) atoms. The summed E-state index contributed by atoms with van der Waals surface area (Å²) in [7, 11) is 1.93. The molecule has 0 spiro atoms. The molecule has 1 atom stereocenters. The largest absolute Gasteiger partial charge is 0.348 e. The maximum absolute atomic E-state index is 6.33. The highest BCUT2D eigenvalue weighted by Crippen LogP contribution is 2.22. The van der Waals surface area contributed by atoms with Crippen LogP contribution in [-0.4, -0.2) is 14.3 Å². The summed E-state index contributed by atoms with van der Waals surface area (Å²) >= 11 is 6.33. The first-order valence-electron chi connectivity index (χ1n) is 6.14. The van der Waals surface area contributed by atoms with E-state index in [0.717, 1.165) is 34.9 Å². The molecule has 2 N–H and O–H groups in total. The number of aromatic nitrogens is 3. The molecule has 0 radical (unpaired) electrons. The second kappa shape index (κ2) is 5.16. The van der Waals surface area contributed by atoms with Gasteiger partial charge in [0.25, 0.3) is 0 Å². The van der Waals surface area contributed by atoms with E-state index in [-0.39, 0.29) is 6.04 Å². The predicted molar refractivity (Wildman–Crippen MR) is 73.7 cm³/mol. The van der Waals surface area contributed by atoms with Crippen LogP contribution in [0.4, 0.5) is 0 Å². The lowest BCUT2D eigenvalue weighted by atomic mass is 10.2. The van der Waals surface area contributed by atoms with E-state index in [2.05, 4.69) is 22.8 Å². The number of hydrogen-bond donors (Lipinski definition) is 1. The van der Waals surface area contributed by atoms with Gasteiger partial charge in [-0.3, -0.25) is 4.68 Å². The minimum atomic E-state index is 0.0551. The van der Waals surface area contributed by atoms with Crippen molar-refractivity contribution in [2.75, 3.05) is 0 Å². The Bertz CT molecular complexity index is 539. The molecule has 0 aromatic carbocycles. The molecule has 2 aromatic rings. The first-order valence-corrected chi connectivity index (χ1v) is 6.52. The van der Waals surface area contributed by atoms with E-state index in [9.17, 15) is 0 Å². The second-order valence-corrected chi connectivity index (χ2v) is 4.97. The fourth-order valence-electron chi connectivity index (χ4n) is 1.99. The molecule has 4 nitrogen and oxygen atoms in total. The molecular weight excluding hydrogens is 248 g/mol. The van der Waals surface area contributed by atoms with Gasteiger partial charge >= 0.3 is 0 Å². The molecule has 2 rings (SSSR count). The van der Waals surface area contributed by atoms with E-state index in [1.807, 2.05) is 30.9 Å². The fourth-order valence-corrected chi connectivity index (χ4v) is 2.35. The van der Waals surface area contributed by atoms with Crippen LogP contribution in [-0.2, 0) is 20.0 Å². The van der Waals surface area contributed by atoms with E-state index >= 15 is 0 Å². The standard InChI is InChI=1S/C13H19ClN4/c1-4-11-13(14)12(17(3)16-11)8-18-6-5-10(7-18)9(2)15/h5-7,9H,4,8,15H2,1-3H3. The number of nitrogens with two attached hydrogens (primary N) is 1. The predicted octanol–water partition coefficient (Wildman–Crippen LogP) is 2.51. The van der Waals surface area contributed by atoms with Crippen LogP contribution in [0.3, 0.4) is 0 Å². The highest BCUT2D eigenvalue weighted by Gasteiger charge is 2.13. The average molecular weight is 267 g/mol. The Labute approximate surface area is 112 Å². The molecule has 98 valence electrons. The summed E-state index contributed by atoms with van der Waals surface area (Å²) in [6.07, 6.45) is 4.93. The van der Waals surface area contributed by atoms with Gasteiger partial charge in [-0.05, 0) is 25.0 Å². The molecule has 0 aliphatic heterocycles. The van der Waals surface area contributed by atoms with Crippen molar-refractivity contribution >= 4 is 11.6 Å². The summed E-state index contributed by atoms with van der Waals surface area (Å²) in [5.41, 5.74) is 8.96. The van der Waals surface area contributed by atoms with Gasteiger partial charge < -0.3 is 10.3 Å². The lowest BCUT2D eigenvalue weighted by Crippen LogP contribution is -2.06. The third-order valence-corrected chi connectivity index (χ3v) is 3.57. The van der Waals surface area contributed by atoms with Crippen LogP contribution in [0, 0.1) is 0 Å². The topological polar surface area (TPSA) is 48.8 Å². The Kier molecular flexibility index (Phi) is 3.78. The lowest BCUT2D eigenvalue weighted by Gasteiger charge is -2.05. The molecule has 5 heteroatoms. The quantitative estimate of drug-likeness (QED) is 0.924. The van der Waals surface area contributed by atoms with Crippen molar-refractivity contribution in [3.63, 3.8) is 0 Å². The van der Waals surface area contributed by atoms with Gasteiger partial charge in [-0.15, -0.1) is 0 Å². The summed E-state index contributed by atoms with van der Waals surface area (Å²) in [6.45, 7) is 4.75. The summed E-state index contributed by atoms with van der Waals surface area (Å²) in [5.74, 6) is 0. The van der Waals surface area contributed by atoms with Gasteiger partial charge in [0, 0.05) is 25.5 Å². The van der Waals surface area contributed by atoms with Gasteiger partial charge in [-0.1, -0.05) is 18.5 Å². The zero-order chi connectivity index (χ0) is 13.3. The maximum Gasteiger partial charge on any atom is 0.0868 e. The van der Waals surface area contributed by atoms with Crippen molar-refractivity contribution in [3.05, 3.63) is 40.4 Å². The molecule has 0 fully saturated rings. The molecule has 0 aliphatic rings. The molecule has 2 aromatic heterocycles. The third kappa shape index (κ3) is 2.44. The van der Waals surface area contributed by atoms with Crippen molar-refractivity contribution in [2.24, 2.45) is 12.8 Å². The van der Waals surface area contributed by atoms with Crippen molar-refractivity contribution in [1.82, 2.24) is 14.3 Å². The Morgan fingerprint density at radius 2 is 2.22 bits per heavy atom. The Morgan fingerprint density at radius 3 is 2.72 bits per heavy atom. The van der Waals surface area contributed by atoms with Crippen molar-refractivity contribution in [2.45, 2.75) is 32.9 Å². The Hall–Kier alpha value is -1.26. The third-order valence-electron chi connectivity index (χ3n) is 3.13. The molecule has 0 saturated heterocycles. The monoisotopic (exact) mass is 266 g/mol. The maximum atomic E-state index is 6.33. The number of aryl methyl sites for hydroxylation is 2. The van der Waals surface area contributed by atoms with E-state index < -0.39 is 0 Å². The smallest absolute Gasteiger partial charge is 0.0868 e. The first kappa shape index (κ1) is 13.2. The molecular formula is C13H19ClN4. The van der Waals surface area contributed by atoms with Gasteiger partial charge in [0.2, 0.25) is 0 Å². The zero-order valence-corrected chi connectivity index (χ0v) is 11.8. The van der Waals surface area contributed by atoms with Crippen LogP contribution >= 0.6 is 11.6 Å². The van der Waals surface area contributed by atoms with Gasteiger partial charge in [0.1, 0.15) is 0 Å². The molecule has 0 aliphatic carbocycles. The van der Waals surface area contributed by atoms with E-state index in [1.54, 1.807) is 0 Å². The highest BCUT2D eigenvalue weighted by molar-refractivity contribution is 6.31. The van der Waals surface area contributed by atoms with Gasteiger partial charge in [-0.2, -0.15) is 5.10 Å². The number of rotatable bonds is 4. The van der Waals surface area contributed by atoms with Crippen LogP contribution in [0.2, 0.25) is 5.02 Å². The minimum absolute atomic E-state index is 0.0551. The summed E-state index contributed by atoms with van der Waals surface area (Å²) < 4.78 is 3.94. The number of hydrogen-bond acceptors (Lipinski definition) is 2. The van der Waals surface area contributed by atoms with Crippen LogP contribution < -0.4 is 5.73 Å². The van der Waals surface area contributed by atoms with Crippen LogP contribution in [0.1, 0.15) is 36.8 Å². The van der Waals surface area contributed by atoms with E-state index in [1.165, 1.54) is 0 Å². The molecule has 0 saturated carbocycles.